The molecule has 0 fully saturated rings. The van der Waals surface area contributed by atoms with E-state index in [1.807, 2.05) is 36.4 Å². The van der Waals surface area contributed by atoms with Gasteiger partial charge in [0.1, 0.15) is 16.6 Å². The van der Waals surface area contributed by atoms with E-state index in [1.54, 1.807) is 31.4 Å². The van der Waals surface area contributed by atoms with Gasteiger partial charge in [0.25, 0.3) is 0 Å². The van der Waals surface area contributed by atoms with E-state index >= 15 is 0 Å². The van der Waals surface area contributed by atoms with Crippen LogP contribution in [0.2, 0.25) is 5.15 Å². The smallest absolute Gasteiger partial charge is 0.181 e. The molecule has 27 heavy (non-hydrogen) atoms. The normalized spacial score (nSPS) is 10.3. The van der Waals surface area contributed by atoms with Gasteiger partial charge in [0.2, 0.25) is 0 Å². The molecular weight excluding hydrogens is 360 g/mol. The third kappa shape index (κ3) is 4.72. The molecular formula is C22H17ClN2O2. The number of halogens is 1. The van der Waals surface area contributed by atoms with Crippen molar-refractivity contribution in [3.63, 3.8) is 0 Å². The Morgan fingerprint density at radius 1 is 1.07 bits per heavy atom. The molecule has 0 unspecified atom stereocenters. The van der Waals surface area contributed by atoms with Crippen LogP contribution in [0.5, 0.6) is 5.75 Å². The molecule has 1 aromatic heterocycles. The molecule has 3 aromatic rings. The molecule has 5 heteroatoms. The number of hydrogen-bond acceptors (Lipinski definition) is 4. The van der Waals surface area contributed by atoms with E-state index in [0.717, 1.165) is 22.4 Å². The highest BCUT2D eigenvalue weighted by molar-refractivity contribution is 6.29. The van der Waals surface area contributed by atoms with Gasteiger partial charge < -0.3 is 4.74 Å². The lowest BCUT2D eigenvalue weighted by Gasteiger charge is -2.07. The third-order valence-corrected chi connectivity index (χ3v) is 4.42. The fourth-order valence-electron chi connectivity index (χ4n) is 2.72. The van der Waals surface area contributed by atoms with E-state index in [-0.39, 0.29) is 10.9 Å². The predicted octanol–water partition coefficient (Wildman–Crippen LogP) is 5.10. The van der Waals surface area contributed by atoms with Gasteiger partial charge in [-0.1, -0.05) is 35.9 Å². The molecule has 0 saturated carbocycles. The molecule has 1 heterocycles. The molecule has 0 saturated heterocycles. The van der Waals surface area contributed by atoms with Crippen LogP contribution in [-0.2, 0) is 6.42 Å². The highest BCUT2D eigenvalue weighted by Crippen LogP contribution is 2.25. The zero-order chi connectivity index (χ0) is 19.2. The molecule has 0 aliphatic heterocycles. The van der Waals surface area contributed by atoms with Crippen LogP contribution in [-0.4, -0.2) is 17.9 Å². The highest BCUT2D eigenvalue weighted by Gasteiger charge is 2.12. The van der Waals surface area contributed by atoms with E-state index in [4.69, 9.17) is 21.6 Å². The Bertz CT molecular complexity index is 990. The monoisotopic (exact) mass is 376 g/mol. The second-order valence-electron chi connectivity index (χ2n) is 6.02. The van der Waals surface area contributed by atoms with Gasteiger partial charge in [0, 0.05) is 6.42 Å². The first kappa shape index (κ1) is 18.6. The first-order chi connectivity index (χ1) is 13.1. The minimum Gasteiger partial charge on any atom is -0.497 e. The van der Waals surface area contributed by atoms with Gasteiger partial charge in [0.15, 0.2) is 5.78 Å². The van der Waals surface area contributed by atoms with Gasteiger partial charge >= 0.3 is 0 Å². The van der Waals surface area contributed by atoms with Crippen molar-refractivity contribution in [3.05, 3.63) is 82.6 Å². The van der Waals surface area contributed by atoms with E-state index in [2.05, 4.69) is 11.1 Å². The zero-order valence-electron chi connectivity index (χ0n) is 14.8. The van der Waals surface area contributed by atoms with Gasteiger partial charge in [-0.3, -0.25) is 4.79 Å². The van der Waals surface area contributed by atoms with E-state index in [0.29, 0.717) is 24.1 Å². The summed E-state index contributed by atoms with van der Waals surface area (Å²) in [4.78, 5) is 16.8. The van der Waals surface area contributed by atoms with E-state index in [9.17, 15) is 4.79 Å². The Balaban J connectivity index is 1.75. The third-order valence-electron chi connectivity index (χ3n) is 4.23. The average Bonchev–Trinajstić information content (AvgIpc) is 2.72. The van der Waals surface area contributed by atoms with Gasteiger partial charge in [-0.15, -0.1) is 0 Å². The number of ether oxygens (including phenoxy) is 1. The Labute approximate surface area is 163 Å². The minimum atomic E-state index is -0.0726. The molecule has 0 N–H and O–H groups in total. The quantitative estimate of drug-likeness (QED) is 0.443. The lowest BCUT2D eigenvalue weighted by molar-refractivity contribution is 0.0978. The lowest BCUT2D eigenvalue weighted by Crippen LogP contribution is -2.04. The Morgan fingerprint density at radius 2 is 1.78 bits per heavy atom. The van der Waals surface area contributed by atoms with Crippen LogP contribution in [0.15, 0.2) is 60.7 Å². The summed E-state index contributed by atoms with van der Waals surface area (Å²) in [6.07, 6.45) is 0.901. The molecule has 0 radical (unpaired) electrons. The first-order valence-corrected chi connectivity index (χ1v) is 8.81. The van der Waals surface area contributed by atoms with E-state index < -0.39 is 0 Å². The van der Waals surface area contributed by atoms with Crippen LogP contribution in [0, 0.1) is 11.3 Å². The first-order valence-electron chi connectivity index (χ1n) is 8.43. The molecule has 4 nitrogen and oxygen atoms in total. The number of ketones is 1. The van der Waals surface area contributed by atoms with Crippen LogP contribution in [0.3, 0.4) is 0 Å². The standard InChI is InChI=1S/C22H17ClN2O2/c1-27-19-9-7-17(8-10-19)18-12-20(25-22(23)13-18)21(26)11-6-15-2-4-16(14-24)5-3-15/h2-5,7-10,12-13H,6,11H2,1H3. The largest absolute Gasteiger partial charge is 0.497 e. The van der Waals surface area contributed by atoms with Gasteiger partial charge in [-0.2, -0.15) is 5.26 Å². The summed E-state index contributed by atoms with van der Waals surface area (Å²) >= 11 is 6.13. The van der Waals surface area contributed by atoms with Gasteiger partial charge in [0.05, 0.1) is 18.7 Å². The summed E-state index contributed by atoms with van der Waals surface area (Å²) in [5.74, 6) is 0.689. The van der Waals surface area contributed by atoms with Crippen molar-refractivity contribution in [2.45, 2.75) is 12.8 Å². The van der Waals surface area contributed by atoms with Gasteiger partial charge in [-0.25, -0.2) is 4.98 Å². The molecule has 0 aliphatic carbocycles. The topological polar surface area (TPSA) is 63.0 Å². The average molecular weight is 377 g/mol. The molecule has 0 aliphatic rings. The second-order valence-corrected chi connectivity index (χ2v) is 6.41. The number of carbonyl (C=O) groups is 1. The Morgan fingerprint density at radius 3 is 2.41 bits per heavy atom. The maximum atomic E-state index is 12.6. The van der Waals surface area contributed by atoms with Crippen molar-refractivity contribution in [2.24, 2.45) is 0 Å². The maximum Gasteiger partial charge on any atom is 0.181 e. The molecule has 0 spiro atoms. The summed E-state index contributed by atoms with van der Waals surface area (Å²) in [5, 5.41) is 9.12. The highest BCUT2D eigenvalue weighted by atomic mass is 35.5. The summed E-state index contributed by atoms with van der Waals surface area (Å²) in [6.45, 7) is 0. The van der Waals surface area contributed by atoms with Crippen LogP contribution in [0.1, 0.15) is 28.0 Å². The van der Waals surface area contributed by atoms with Crippen LogP contribution < -0.4 is 4.74 Å². The molecule has 0 bridgehead atoms. The fraction of sp³-hybridized carbons (Fsp3) is 0.136. The molecule has 2 aromatic carbocycles. The van der Waals surface area contributed by atoms with Crippen LogP contribution >= 0.6 is 11.6 Å². The SMILES string of the molecule is COc1ccc(-c2cc(Cl)nc(C(=O)CCc3ccc(C#N)cc3)c2)cc1. The van der Waals surface area contributed by atoms with Gasteiger partial charge in [-0.05, 0) is 59.5 Å². The molecule has 0 atom stereocenters. The Kier molecular flexibility index (Phi) is 5.85. The number of hydrogen-bond donors (Lipinski definition) is 0. The lowest BCUT2D eigenvalue weighted by atomic mass is 10.0. The second kappa shape index (κ2) is 8.48. The number of rotatable bonds is 6. The van der Waals surface area contributed by atoms with Crippen molar-refractivity contribution in [1.82, 2.24) is 4.98 Å². The molecule has 0 amide bonds. The molecule has 3 rings (SSSR count). The van der Waals surface area contributed by atoms with Crippen molar-refractivity contribution in [3.8, 4) is 22.9 Å². The number of carbonyl (C=O) groups excluding carboxylic acids is 1. The summed E-state index contributed by atoms with van der Waals surface area (Å²) in [6, 6.07) is 20.3. The predicted molar refractivity (Wildman–Crippen MR) is 105 cm³/mol. The van der Waals surface area contributed by atoms with Crippen LogP contribution in [0.25, 0.3) is 11.1 Å². The number of aryl methyl sites for hydroxylation is 1. The van der Waals surface area contributed by atoms with E-state index in [1.165, 1.54) is 0 Å². The van der Waals surface area contributed by atoms with Crippen molar-refractivity contribution in [1.29, 1.82) is 5.26 Å². The maximum absolute atomic E-state index is 12.6. The summed E-state index contributed by atoms with van der Waals surface area (Å²) in [5.41, 5.74) is 3.72. The number of aromatic nitrogens is 1. The number of nitriles is 1. The van der Waals surface area contributed by atoms with Crippen molar-refractivity contribution < 1.29 is 9.53 Å². The van der Waals surface area contributed by atoms with Crippen molar-refractivity contribution in [2.75, 3.05) is 7.11 Å². The number of Topliss-reactive ketones (excluding diaryl/α,β-unsaturated/α-hetero) is 1. The zero-order valence-corrected chi connectivity index (χ0v) is 15.5. The Hall–Kier alpha value is -3.16. The minimum absolute atomic E-state index is 0.0726. The summed E-state index contributed by atoms with van der Waals surface area (Å²) < 4.78 is 5.17. The molecule has 134 valence electrons. The summed E-state index contributed by atoms with van der Waals surface area (Å²) in [7, 11) is 1.61. The number of methoxy groups -OCH3 is 1. The van der Waals surface area contributed by atoms with Crippen LogP contribution in [0.4, 0.5) is 0 Å². The number of pyridine rings is 1. The number of benzene rings is 2. The van der Waals surface area contributed by atoms with Crippen molar-refractivity contribution >= 4 is 17.4 Å². The fourth-order valence-corrected chi connectivity index (χ4v) is 2.93. The number of nitrogens with zero attached hydrogens (tertiary/aromatic N) is 2.